The van der Waals surface area contributed by atoms with Gasteiger partial charge in [-0.25, -0.2) is 0 Å². The number of rotatable bonds is 13. The first-order valence-corrected chi connectivity index (χ1v) is 12.2. The van der Waals surface area contributed by atoms with Gasteiger partial charge in [0.1, 0.15) is 10.9 Å². The molecule has 0 bridgehead atoms. The molecule has 0 saturated carbocycles. The minimum absolute atomic E-state index is 0.0693. The molecule has 0 radical (unpaired) electrons. The first-order chi connectivity index (χ1) is 16.2. The van der Waals surface area contributed by atoms with Gasteiger partial charge in [-0.15, -0.1) is 0 Å². The van der Waals surface area contributed by atoms with Gasteiger partial charge < -0.3 is 26.4 Å². The Kier molecular flexibility index (Phi) is 10.5. The first-order valence-electron chi connectivity index (χ1n) is 11.4. The molecule has 186 valence electrons. The molecule has 0 saturated heterocycles. The van der Waals surface area contributed by atoms with Crippen LogP contribution in [0.1, 0.15) is 70.9 Å². The molecule has 34 heavy (non-hydrogen) atoms. The molecule has 3 amide bonds. The summed E-state index contributed by atoms with van der Waals surface area (Å²) in [5, 5.41) is 2.97. The van der Waals surface area contributed by atoms with Crippen molar-refractivity contribution in [1.29, 1.82) is 0 Å². The number of nitrogens with two attached hydrogens (primary N) is 2. The second kappa shape index (κ2) is 13.0. The highest BCUT2D eigenvalue weighted by molar-refractivity contribution is 7.09. The number of primary amides is 1. The van der Waals surface area contributed by atoms with Crippen LogP contribution in [0.15, 0.2) is 24.3 Å². The molecule has 0 aliphatic heterocycles. The van der Waals surface area contributed by atoms with Crippen molar-refractivity contribution in [2.24, 2.45) is 11.7 Å². The number of nitrogens with zero attached hydrogens (tertiary/aromatic N) is 2. The van der Waals surface area contributed by atoms with Gasteiger partial charge in [0.05, 0.1) is 5.69 Å². The molecule has 0 spiro atoms. The quantitative estimate of drug-likeness (QED) is 0.370. The van der Waals surface area contributed by atoms with Gasteiger partial charge >= 0.3 is 0 Å². The monoisotopic (exact) mass is 489 g/mol. The van der Waals surface area contributed by atoms with Crippen molar-refractivity contribution in [3.8, 4) is 0 Å². The number of amides is 3. The molecule has 1 heterocycles. The number of ether oxygens (including phenoxy) is 1. The fourth-order valence-electron chi connectivity index (χ4n) is 3.39. The lowest BCUT2D eigenvalue weighted by Crippen LogP contribution is -2.44. The standard InChI is InChI=1S/C24H35N5O4S/c1-5-33-14-6-13-29(24(32)21-18(25)19(22(26)30)28-34-21)20(17-9-7-16(4)8-10-17)23(31)27-12-11-15(2)3/h7-10,15,20H,5-6,11-14,25H2,1-4H3,(H2,26,30)(H,27,31)/t20-/m0/s1. The van der Waals surface area contributed by atoms with Gasteiger partial charge in [-0.05, 0) is 49.7 Å². The van der Waals surface area contributed by atoms with E-state index in [0.717, 1.165) is 23.5 Å². The lowest BCUT2D eigenvalue weighted by atomic mass is 10.0. The molecule has 2 rings (SSSR count). The Hall–Kier alpha value is -2.98. The van der Waals surface area contributed by atoms with Crippen molar-refractivity contribution in [1.82, 2.24) is 14.6 Å². The van der Waals surface area contributed by atoms with Crippen LogP contribution in [0.3, 0.4) is 0 Å². The van der Waals surface area contributed by atoms with Gasteiger partial charge in [-0.1, -0.05) is 43.7 Å². The van der Waals surface area contributed by atoms with Gasteiger partial charge in [-0.2, -0.15) is 4.37 Å². The average Bonchev–Trinajstić information content (AvgIpc) is 3.17. The van der Waals surface area contributed by atoms with Gasteiger partial charge in [-0.3, -0.25) is 14.4 Å². The lowest BCUT2D eigenvalue weighted by Gasteiger charge is -2.31. The maximum atomic E-state index is 13.7. The molecule has 0 aliphatic rings. The van der Waals surface area contributed by atoms with Gasteiger partial charge in [0.15, 0.2) is 5.69 Å². The molecule has 0 fully saturated rings. The third-order valence-electron chi connectivity index (χ3n) is 5.28. The summed E-state index contributed by atoms with van der Waals surface area (Å²) in [6, 6.07) is 6.60. The number of hydrogen-bond donors (Lipinski definition) is 3. The SMILES string of the molecule is CCOCCCN(C(=O)c1snc(C(N)=O)c1N)[C@H](C(=O)NCCC(C)C)c1ccc(C)cc1. The van der Waals surface area contributed by atoms with Crippen molar-refractivity contribution < 1.29 is 19.1 Å². The van der Waals surface area contributed by atoms with E-state index in [-0.39, 0.29) is 28.7 Å². The summed E-state index contributed by atoms with van der Waals surface area (Å²) in [6.45, 7) is 9.73. The van der Waals surface area contributed by atoms with Crippen LogP contribution in [0.5, 0.6) is 0 Å². The zero-order chi connectivity index (χ0) is 25.3. The normalized spacial score (nSPS) is 11.9. The van der Waals surface area contributed by atoms with E-state index in [2.05, 4.69) is 23.5 Å². The number of benzene rings is 1. The molecule has 5 N–H and O–H groups in total. The predicted molar refractivity (Wildman–Crippen MR) is 134 cm³/mol. The largest absolute Gasteiger partial charge is 0.395 e. The van der Waals surface area contributed by atoms with E-state index in [4.69, 9.17) is 16.2 Å². The summed E-state index contributed by atoms with van der Waals surface area (Å²) in [7, 11) is 0. The second-order valence-corrected chi connectivity index (χ2v) is 9.25. The Labute approximate surface area is 205 Å². The van der Waals surface area contributed by atoms with Crippen molar-refractivity contribution in [2.75, 3.05) is 32.0 Å². The molecule has 0 aliphatic carbocycles. The van der Waals surface area contributed by atoms with Gasteiger partial charge in [0, 0.05) is 26.3 Å². The zero-order valence-corrected chi connectivity index (χ0v) is 21.1. The summed E-state index contributed by atoms with van der Waals surface area (Å²) >= 11 is 0.803. The minimum atomic E-state index is -0.889. The number of aromatic nitrogens is 1. The number of nitrogens with one attached hydrogen (secondary N) is 1. The van der Waals surface area contributed by atoms with E-state index in [1.807, 2.05) is 38.1 Å². The fourth-order valence-corrected chi connectivity index (χ4v) is 4.15. The summed E-state index contributed by atoms with van der Waals surface area (Å²) in [4.78, 5) is 40.3. The maximum Gasteiger partial charge on any atom is 0.270 e. The molecule has 2 aromatic rings. The Morgan fingerprint density at radius 2 is 1.88 bits per heavy atom. The van der Waals surface area contributed by atoms with Crippen LogP contribution < -0.4 is 16.8 Å². The topological polar surface area (TPSA) is 141 Å². The zero-order valence-electron chi connectivity index (χ0n) is 20.3. The van der Waals surface area contributed by atoms with E-state index >= 15 is 0 Å². The maximum absolute atomic E-state index is 13.7. The third kappa shape index (κ3) is 7.26. The minimum Gasteiger partial charge on any atom is -0.395 e. The Morgan fingerprint density at radius 3 is 2.44 bits per heavy atom. The van der Waals surface area contributed by atoms with E-state index in [9.17, 15) is 14.4 Å². The number of carbonyl (C=O) groups is 3. The van der Waals surface area contributed by atoms with Crippen LogP contribution >= 0.6 is 11.5 Å². The Morgan fingerprint density at radius 1 is 1.21 bits per heavy atom. The van der Waals surface area contributed by atoms with Crippen LogP contribution in [-0.4, -0.2) is 53.3 Å². The summed E-state index contributed by atoms with van der Waals surface area (Å²) < 4.78 is 9.40. The fraction of sp³-hybridized carbons (Fsp3) is 0.500. The molecule has 10 heteroatoms. The van der Waals surface area contributed by atoms with Crippen molar-refractivity contribution in [3.05, 3.63) is 46.0 Å². The molecule has 9 nitrogen and oxygen atoms in total. The van der Waals surface area contributed by atoms with Crippen LogP contribution in [0.25, 0.3) is 0 Å². The van der Waals surface area contributed by atoms with Crippen LogP contribution in [0.2, 0.25) is 0 Å². The van der Waals surface area contributed by atoms with Gasteiger partial charge in [0.25, 0.3) is 11.8 Å². The van der Waals surface area contributed by atoms with Crippen LogP contribution in [0.4, 0.5) is 5.69 Å². The van der Waals surface area contributed by atoms with Gasteiger partial charge in [0.2, 0.25) is 5.91 Å². The Balaban J connectivity index is 2.46. The van der Waals surface area contributed by atoms with E-state index in [0.29, 0.717) is 37.7 Å². The first kappa shape index (κ1) is 27.3. The highest BCUT2D eigenvalue weighted by Crippen LogP contribution is 2.29. The molecular weight excluding hydrogens is 454 g/mol. The van der Waals surface area contributed by atoms with Crippen LogP contribution in [-0.2, 0) is 9.53 Å². The highest BCUT2D eigenvalue weighted by atomic mass is 32.1. The molecular formula is C24H35N5O4S. The number of aryl methyl sites for hydroxylation is 1. The van der Waals surface area contributed by atoms with Crippen molar-refractivity contribution in [2.45, 2.75) is 46.6 Å². The predicted octanol–water partition coefficient (Wildman–Crippen LogP) is 2.91. The number of hydrogen-bond acceptors (Lipinski definition) is 7. The third-order valence-corrected chi connectivity index (χ3v) is 6.13. The van der Waals surface area contributed by atoms with Crippen molar-refractivity contribution >= 4 is 34.9 Å². The molecule has 1 aromatic carbocycles. The number of anilines is 1. The number of nitrogen functional groups attached to an aromatic ring is 1. The molecule has 0 unspecified atom stereocenters. The average molecular weight is 490 g/mol. The lowest BCUT2D eigenvalue weighted by molar-refractivity contribution is -0.126. The second-order valence-electron chi connectivity index (χ2n) is 8.47. The molecule has 1 atom stereocenters. The van der Waals surface area contributed by atoms with E-state index < -0.39 is 17.9 Å². The summed E-state index contributed by atoms with van der Waals surface area (Å²) in [6.07, 6.45) is 1.33. The van der Waals surface area contributed by atoms with E-state index in [1.54, 1.807) is 0 Å². The van der Waals surface area contributed by atoms with E-state index in [1.165, 1.54) is 4.90 Å². The Bertz CT molecular complexity index is 974. The van der Waals surface area contributed by atoms with Crippen LogP contribution in [0, 0.1) is 12.8 Å². The molecule has 1 aromatic heterocycles. The summed E-state index contributed by atoms with van der Waals surface area (Å²) in [5.74, 6) is -1.15. The summed E-state index contributed by atoms with van der Waals surface area (Å²) in [5.41, 5.74) is 12.9. The number of carbonyl (C=O) groups excluding carboxylic acids is 3. The smallest absolute Gasteiger partial charge is 0.270 e. The highest BCUT2D eigenvalue weighted by Gasteiger charge is 2.34. The van der Waals surface area contributed by atoms with Crippen molar-refractivity contribution in [3.63, 3.8) is 0 Å².